The molecular weight excluding hydrogens is 238 g/mol. The van der Waals surface area contributed by atoms with E-state index in [1.54, 1.807) is 12.4 Å². The molecule has 0 bridgehead atoms. The highest BCUT2D eigenvalue weighted by molar-refractivity contribution is 5.01. The van der Waals surface area contributed by atoms with E-state index in [0.717, 1.165) is 31.3 Å². The molecule has 0 unspecified atom stereocenters. The Labute approximate surface area is 115 Å². The summed E-state index contributed by atoms with van der Waals surface area (Å²) in [6.07, 6.45) is 12.5. The molecule has 0 radical (unpaired) electrons. The smallest absolute Gasteiger partial charge is 0.114 e. The zero-order chi connectivity index (χ0) is 12.9. The second-order valence-corrected chi connectivity index (χ2v) is 5.75. The molecule has 0 aromatic carbocycles. The first-order valence-corrected chi connectivity index (χ1v) is 7.51. The molecule has 1 aromatic rings. The van der Waals surface area contributed by atoms with E-state index in [1.165, 1.54) is 38.6 Å². The fourth-order valence-electron chi connectivity index (χ4n) is 3.26. The van der Waals surface area contributed by atoms with Crippen molar-refractivity contribution in [2.75, 3.05) is 26.2 Å². The summed E-state index contributed by atoms with van der Waals surface area (Å²) in [5, 5.41) is 0. The molecular formula is C15H23N3O. The average Bonchev–Trinajstić information content (AvgIpc) is 2.49. The van der Waals surface area contributed by atoms with Crippen LogP contribution in [0.25, 0.3) is 0 Å². The molecule has 19 heavy (non-hydrogen) atoms. The highest BCUT2D eigenvalue weighted by Crippen LogP contribution is 2.26. The summed E-state index contributed by atoms with van der Waals surface area (Å²) in [7, 11) is 0. The zero-order valence-electron chi connectivity index (χ0n) is 11.5. The van der Waals surface area contributed by atoms with E-state index in [4.69, 9.17) is 4.74 Å². The van der Waals surface area contributed by atoms with E-state index in [1.807, 2.05) is 6.20 Å². The van der Waals surface area contributed by atoms with Gasteiger partial charge in [-0.1, -0.05) is 19.3 Å². The molecule has 0 N–H and O–H groups in total. The Kier molecular flexibility index (Phi) is 4.41. The van der Waals surface area contributed by atoms with Crippen LogP contribution in [0.5, 0.6) is 0 Å². The lowest BCUT2D eigenvalue weighted by atomic mass is 9.89. The lowest BCUT2D eigenvalue weighted by Crippen LogP contribution is -2.41. The SMILES string of the molecule is c1cnc([C@@H]2CN(CC3CCCCC3)CCO2)cn1. The van der Waals surface area contributed by atoms with Gasteiger partial charge in [0, 0.05) is 32.0 Å². The van der Waals surface area contributed by atoms with Crippen LogP contribution in [0.2, 0.25) is 0 Å². The van der Waals surface area contributed by atoms with Crippen LogP contribution in [-0.2, 0) is 4.74 Å². The van der Waals surface area contributed by atoms with E-state index < -0.39 is 0 Å². The summed E-state index contributed by atoms with van der Waals surface area (Å²) in [5.41, 5.74) is 0.968. The van der Waals surface area contributed by atoms with Crippen molar-refractivity contribution in [2.24, 2.45) is 5.92 Å². The Bertz CT molecular complexity index is 378. The largest absolute Gasteiger partial charge is 0.369 e. The zero-order valence-corrected chi connectivity index (χ0v) is 11.5. The minimum atomic E-state index is 0.103. The average molecular weight is 261 g/mol. The number of morpholine rings is 1. The van der Waals surface area contributed by atoms with Gasteiger partial charge in [-0.05, 0) is 18.8 Å². The van der Waals surface area contributed by atoms with Crippen molar-refractivity contribution < 1.29 is 4.74 Å². The number of hydrogen-bond acceptors (Lipinski definition) is 4. The second-order valence-electron chi connectivity index (χ2n) is 5.75. The molecule has 1 saturated heterocycles. The third kappa shape index (κ3) is 3.51. The number of ether oxygens (including phenoxy) is 1. The van der Waals surface area contributed by atoms with E-state index in [2.05, 4.69) is 14.9 Å². The maximum Gasteiger partial charge on any atom is 0.114 e. The molecule has 4 heteroatoms. The Balaban J connectivity index is 1.55. The van der Waals surface area contributed by atoms with Crippen LogP contribution in [-0.4, -0.2) is 41.1 Å². The van der Waals surface area contributed by atoms with Crippen molar-refractivity contribution >= 4 is 0 Å². The summed E-state index contributed by atoms with van der Waals surface area (Å²) in [6.45, 7) is 4.08. The molecule has 2 fully saturated rings. The molecule has 1 aliphatic carbocycles. The minimum Gasteiger partial charge on any atom is -0.369 e. The van der Waals surface area contributed by atoms with Crippen molar-refractivity contribution in [1.82, 2.24) is 14.9 Å². The van der Waals surface area contributed by atoms with Gasteiger partial charge in [0.2, 0.25) is 0 Å². The molecule has 1 aliphatic heterocycles. The van der Waals surface area contributed by atoms with Gasteiger partial charge in [-0.2, -0.15) is 0 Å². The Hall–Kier alpha value is -1.00. The number of aromatic nitrogens is 2. The first kappa shape index (κ1) is 13.0. The van der Waals surface area contributed by atoms with Crippen molar-refractivity contribution in [1.29, 1.82) is 0 Å². The van der Waals surface area contributed by atoms with Crippen molar-refractivity contribution in [2.45, 2.75) is 38.2 Å². The first-order valence-electron chi connectivity index (χ1n) is 7.51. The maximum atomic E-state index is 5.84. The standard InChI is InChI=1S/C15H23N3O/c1-2-4-13(5-3-1)11-18-8-9-19-15(12-18)14-10-16-6-7-17-14/h6-7,10,13,15H,1-5,8-9,11-12H2/t15-/m0/s1. The normalized spacial score (nSPS) is 26.4. The van der Waals surface area contributed by atoms with Gasteiger partial charge < -0.3 is 4.74 Å². The Morgan fingerprint density at radius 3 is 2.89 bits per heavy atom. The Morgan fingerprint density at radius 1 is 1.21 bits per heavy atom. The van der Waals surface area contributed by atoms with Gasteiger partial charge in [-0.3, -0.25) is 14.9 Å². The van der Waals surface area contributed by atoms with Crippen LogP contribution in [0.1, 0.15) is 43.9 Å². The third-order valence-corrected chi connectivity index (χ3v) is 4.30. The van der Waals surface area contributed by atoms with E-state index in [-0.39, 0.29) is 6.10 Å². The summed E-state index contributed by atoms with van der Waals surface area (Å²) < 4.78 is 5.84. The van der Waals surface area contributed by atoms with Gasteiger partial charge in [-0.15, -0.1) is 0 Å². The fourth-order valence-corrected chi connectivity index (χ4v) is 3.26. The molecule has 4 nitrogen and oxygen atoms in total. The van der Waals surface area contributed by atoms with Gasteiger partial charge >= 0.3 is 0 Å². The van der Waals surface area contributed by atoms with Crippen LogP contribution in [0.4, 0.5) is 0 Å². The quantitative estimate of drug-likeness (QED) is 0.837. The topological polar surface area (TPSA) is 38.2 Å². The van der Waals surface area contributed by atoms with Gasteiger partial charge in [0.15, 0.2) is 0 Å². The van der Waals surface area contributed by atoms with Crippen LogP contribution < -0.4 is 0 Å². The monoisotopic (exact) mass is 261 g/mol. The molecule has 1 atom stereocenters. The Morgan fingerprint density at radius 2 is 2.11 bits per heavy atom. The fraction of sp³-hybridized carbons (Fsp3) is 0.733. The van der Waals surface area contributed by atoms with Gasteiger partial charge in [0.1, 0.15) is 6.10 Å². The number of rotatable bonds is 3. The van der Waals surface area contributed by atoms with Crippen LogP contribution >= 0.6 is 0 Å². The van der Waals surface area contributed by atoms with E-state index >= 15 is 0 Å². The summed E-state index contributed by atoms with van der Waals surface area (Å²) in [6, 6.07) is 0. The van der Waals surface area contributed by atoms with E-state index in [9.17, 15) is 0 Å². The first-order chi connectivity index (χ1) is 9.42. The highest BCUT2D eigenvalue weighted by Gasteiger charge is 2.25. The molecule has 2 aliphatic rings. The van der Waals surface area contributed by atoms with Crippen LogP contribution in [0.3, 0.4) is 0 Å². The third-order valence-electron chi connectivity index (χ3n) is 4.30. The van der Waals surface area contributed by atoms with Crippen LogP contribution in [0.15, 0.2) is 18.6 Å². The molecule has 0 spiro atoms. The van der Waals surface area contributed by atoms with Crippen molar-refractivity contribution in [3.63, 3.8) is 0 Å². The molecule has 1 aromatic heterocycles. The van der Waals surface area contributed by atoms with E-state index in [0.29, 0.717) is 0 Å². The molecule has 3 rings (SSSR count). The number of hydrogen-bond donors (Lipinski definition) is 0. The lowest BCUT2D eigenvalue weighted by molar-refractivity contribution is -0.0381. The molecule has 104 valence electrons. The van der Waals surface area contributed by atoms with Gasteiger partial charge in [-0.25, -0.2) is 0 Å². The molecule has 2 heterocycles. The minimum absolute atomic E-state index is 0.103. The molecule has 1 saturated carbocycles. The maximum absolute atomic E-state index is 5.84. The van der Waals surface area contributed by atoms with Gasteiger partial charge in [0.05, 0.1) is 18.5 Å². The predicted octanol–water partition coefficient (Wildman–Crippen LogP) is 2.43. The van der Waals surface area contributed by atoms with Crippen molar-refractivity contribution in [3.05, 3.63) is 24.3 Å². The van der Waals surface area contributed by atoms with Gasteiger partial charge in [0.25, 0.3) is 0 Å². The molecule has 0 amide bonds. The lowest BCUT2D eigenvalue weighted by Gasteiger charge is -2.35. The summed E-state index contributed by atoms with van der Waals surface area (Å²) in [4.78, 5) is 11.1. The van der Waals surface area contributed by atoms with Crippen LogP contribution in [0, 0.1) is 5.92 Å². The summed E-state index contributed by atoms with van der Waals surface area (Å²) in [5.74, 6) is 0.898. The summed E-state index contributed by atoms with van der Waals surface area (Å²) >= 11 is 0. The highest BCUT2D eigenvalue weighted by atomic mass is 16.5. The second kappa shape index (κ2) is 6.44. The number of nitrogens with zero attached hydrogens (tertiary/aromatic N) is 3. The van der Waals surface area contributed by atoms with Crippen molar-refractivity contribution in [3.8, 4) is 0 Å². The predicted molar refractivity (Wildman–Crippen MR) is 73.7 cm³/mol.